The third-order valence-electron chi connectivity index (χ3n) is 14.9. The summed E-state index contributed by atoms with van der Waals surface area (Å²) in [5.41, 5.74) is 22.7. The van der Waals surface area contributed by atoms with Crippen LogP contribution in [0.5, 0.6) is 0 Å². The fourth-order valence-electron chi connectivity index (χ4n) is 9.56. The lowest BCUT2D eigenvalue weighted by Gasteiger charge is -2.30. The second kappa shape index (κ2) is 41.5. The fourth-order valence-corrected chi connectivity index (χ4v) is 9.56. The number of nitrogens with zero attached hydrogens (tertiary/aromatic N) is 1. The Hall–Kier alpha value is -9.13. The first-order chi connectivity index (χ1) is 43.8. The van der Waals surface area contributed by atoms with Gasteiger partial charge in [0, 0.05) is 25.8 Å². The number of aliphatic hydroxyl groups excluding tert-OH is 1. The van der Waals surface area contributed by atoms with Crippen molar-refractivity contribution in [2.45, 2.75) is 217 Å². The van der Waals surface area contributed by atoms with E-state index in [0.29, 0.717) is 19.3 Å². The van der Waals surface area contributed by atoms with Gasteiger partial charge in [-0.3, -0.25) is 76.7 Å². The molecule has 0 aliphatic carbocycles. The van der Waals surface area contributed by atoms with Crippen LogP contribution in [0.4, 0.5) is 0 Å². The van der Waals surface area contributed by atoms with Crippen molar-refractivity contribution in [3.8, 4) is 0 Å². The van der Waals surface area contributed by atoms with Crippen LogP contribution in [0.25, 0.3) is 0 Å². The SMILES string of the molecule is CC[C@H](C)[C@H](NC(=O)[C@H](CCC(N)=O)NC(=O)[C@@H]1CCCN1C(=O)[C@@H](N)CC(C)C)C(=O)N[C@@H](CCC(=O)O)C(=O)N[C@@H](CC(N)=O)C(=O)N[C@H](C(=O)N[C@@H](CCCCN)C(=O)NCC(=O)N[C@H](C(=O)N[C@@H](CCC(=O)O)C(=O)N[C@@H](CC(=O)O)C(=O)O)[C@@H](C)O)C(C)C. The molecule has 1 aliphatic heterocycles. The predicted molar refractivity (Wildman–Crippen MR) is 327 cm³/mol. The molecule has 530 valence electrons. The molecule has 94 heavy (non-hydrogen) atoms. The Morgan fingerprint density at radius 3 is 1.45 bits per heavy atom. The van der Waals surface area contributed by atoms with Crippen LogP contribution >= 0.6 is 0 Å². The number of hydrogen-bond donors (Lipinski definition) is 19. The number of amides is 13. The molecule has 1 saturated heterocycles. The highest BCUT2D eigenvalue weighted by Gasteiger charge is 2.41. The number of unbranched alkanes of at least 4 members (excludes halogenated alkanes) is 1. The van der Waals surface area contributed by atoms with Gasteiger partial charge in [0.25, 0.3) is 0 Å². The second-order valence-corrected chi connectivity index (χ2v) is 23.7. The van der Waals surface area contributed by atoms with E-state index in [4.69, 9.17) is 28.0 Å². The van der Waals surface area contributed by atoms with Gasteiger partial charge in [0.1, 0.15) is 60.4 Å². The molecule has 1 fully saturated rings. The molecule has 37 heteroatoms. The molecule has 13 amide bonds. The molecule has 0 bridgehead atoms. The van der Waals surface area contributed by atoms with Crippen LogP contribution in [0, 0.1) is 17.8 Å². The highest BCUT2D eigenvalue weighted by molar-refractivity contribution is 6.00. The largest absolute Gasteiger partial charge is 0.481 e. The zero-order valence-electron chi connectivity index (χ0n) is 53.8. The summed E-state index contributed by atoms with van der Waals surface area (Å²) < 4.78 is 0. The van der Waals surface area contributed by atoms with Crippen LogP contribution in [-0.2, 0) is 81.5 Å². The molecule has 1 heterocycles. The van der Waals surface area contributed by atoms with E-state index in [1.54, 1.807) is 6.92 Å². The summed E-state index contributed by atoms with van der Waals surface area (Å²) in [6.07, 6.45) is -5.90. The first kappa shape index (κ1) is 82.9. The average Bonchev–Trinajstić information content (AvgIpc) is 1.74. The minimum Gasteiger partial charge on any atom is -0.481 e. The normalized spacial score (nSPS) is 16.6. The third kappa shape index (κ3) is 30.1. The highest BCUT2D eigenvalue weighted by Crippen LogP contribution is 2.21. The Labute approximate surface area is 542 Å². The highest BCUT2D eigenvalue weighted by atomic mass is 16.4. The Morgan fingerprint density at radius 2 is 0.979 bits per heavy atom. The number of rotatable bonds is 45. The van der Waals surface area contributed by atoms with Crippen LogP contribution in [0.3, 0.4) is 0 Å². The molecule has 1 rings (SSSR count). The number of nitrogens with one attached hydrogen (secondary N) is 10. The Balaban J connectivity index is 3.45. The summed E-state index contributed by atoms with van der Waals surface area (Å²) in [7, 11) is 0. The van der Waals surface area contributed by atoms with E-state index in [-0.39, 0.29) is 51.1 Å². The number of carbonyl (C=O) groups is 17. The van der Waals surface area contributed by atoms with Crippen molar-refractivity contribution in [2.24, 2.45) is 40.7 Å². The van der Waals surface area contributed by atoms with Crippen LogP contribution in [-0.4, -0.2) is 223 Å². The van der Waals surface area contributed by atoms with Crippen molar-refractivity contribution < 1.29 is 107 Å². The summed E-state index contributed by atoms with van der Waals surface area (Å²) in [6, 6.07) is -17.6. The minimum atomic E-state index is -2.01. The minimum absolute atomic E-state index is 0.0595. The number of aliphatic carboxylic acids is 4. The number of likely N-dealkylation sites (tertiary alicyclic amines) is 1. The van der Waals surface area contributed by atoms with Crippen molar-refractivity contribution in [3.05, 3.63) is 0 Å². The van der Waals surface area contributed by atoms with Gasteiger partial charge >= 0.3 is 23.9 Å². The number of nitrogens with two attached hydrogens (primary N) is 4. The molecule has 37 nitrogen and oxygen atoms in total. The van der Waals surface area contributed by atoms with E-state index in [2.05, 4.69) is 47.9 Å². The summed E-state index contributed by atoms with van der Waals surface area (Å²) in [4.78, 5) is 223. The first-order valence-corrected chi connectivity index (χ1v) is 30.7. The summed E-state index contributed by atoms with van der Waals surface area (Å²) in [5.74, 6) is -21.5. The number of aliphatic hydroxyl groups is 1. The van der Waals surface area contributed by atoms with E-state index < -0.39 is 237 Å². The summed E-state index contributed by atoms with van der Waals surface area (Å²) in [5, 5.41) is 70.7. The zero-order chi connectivity index (χ0) is 71.9. The molecule has 0 radical (unpaired) electrons. The van der Waals surface area contributed by atoms with Crippen molar-refractivity contribution >= 4 is 101 Å². The Kier molecular flexibility index (Phi) is 36.6. The number of carboxylic acids is 4. The summed E-state index contributed by atoms with van der Waals surface area (Å²) >= 11 is 0. The van der Waals surface area contributed by atoms with Crippen molar-refractivity contribution in [1.82, 2.24) is 58.1 Å². The number of primary amides is 2. The molecule has 0 aromatic carbocycles. The lowest BCUT2D eigenvalue weighted by Crippen LogP contribution is -2.61. The standard InChI is InChI=1S/C57H95N15O22/c1-8-28(6)45(71-50(86)32(14-17-38(60)74)63-52(88)37-13-11-21-72(37)56(92)30(59)22-26(2)3)54(90)65-33(15-18-41(77)78)48(84)67-35(23-39(61)75)51(87)70-44(27(4)5)53(89)64-31(12-9-10-20-58)47(83)62-25-40(76)69-46(29(7)73)55(91)66-34(16-19-42(79)80)49(85)68-36(57(93)94)24-43(81)82/h26-37,44-46,73H,8-25,58-59H2,1-7H3,(H2,60,74)(H2,61,75)(H,62,83)(H,63,88)(H,64,89)(H,65,90)(H,66,91)(H,67,84)(H,68,85)(H,69,76)(H,70,87)(H,71,86)(H,77,78)(H,79,80)(H,81,82)(H,93,94)/t28-,29+,30-,31-,32-,33-,34-,35-,36-,37-,44-,45-,46-/m0/s1. The molecular formula is C57H95N15O22. The maximum absolute atomic E-state index is 14.2. The van der Waals surface area contributed by atoms with Gasteiger partial charge < -0.3 is 107 Å². The zero-order valence-corrected chi connectivity index (χ0v) is 53.8. The number of hydrogen-bond acceptors (Lipinski definition) is 20. The topological polar surface area (TPSA) is 619 Å². The summed E-state index contributed by atoms with van der Waals surface area (Å²) in [6.45, 7) is 10.2. The van der Waals surface area contributed by atoms with Crippen LogP contribution < -0.4 is 76.1 Å². The van der Waals surface area contributed by atoms with E-state index in [1.807, 2.05) is 19.2 Å². The van der Waals surface area contributed by atoms with E-state index >= 15 is 0 Å². The van der Waals surface area contributed by atoms with Crippen molar-refractivity contribution in [3.63, 3.8) is 0 Å². The van der Waals surface area contributed by atoms with Gasteiger partial charge in [-0.15, -0.1) is 0 Å². The maximum atomic E-state index is 14.2. The molecule has 13 atom stereocenters. The van der Waals surface area contributed by atoms with Gasteiger partial charge in [-0.25, -0.2) is 4.79 Å². The van der Waals surface area contributed by atoms with Crippen LogP contribution in [0.2, 0.25) is 0 Å². The molecule has 0 aromatic heterocycles. The van der Waals surface area contributed by atoms with E-state index in [1.165, 1.54) is 25.7 Å². The maximum Gasteiger partial charge on any atom is 0.326 e. The van der Waals surface area contributed by atoms with Gasteiger partial charge in [0.05, 0.1) is 31.5 Å². The van der Waals surface area contributed by atoms with Gasteiger partial charge in [-0.05, 0) is 89.0 Å². The van der Waals surface area contributed by atoms with Gasteiger partial charge in [-0.1, -0.05) is 48.0 Å². The van der Waals surface area contributed by atoms with E-state index in [0.717, 1.165) is 6.92 Å². The quantitative estimate of drug-likeness (QED) is 0.0252. The molecular weight excluding hydrogens is 1250 g/mol. The average molecular weight is 1340 g/mol. The third-order valence-corrected chi connectivity index (χ3v) is 14.9. The van der Waals surface area contributed by atoms with Crippen LogP contribution in [0.1, 0.15) is 145 Å². The number of carbonyl (C=O) groups excluding carboxylic acids is 13. The molecule has 1 aliphatic rings. The lowest BCUT2D eigenvalue weighted by molar-refractivity contribution is -0.147. The number of carboxylic acid groups (broad SMARTS) is 4. The molecule has 0 aromatic rings. The second-order valence-electron chi connectivity index (χ2n) is 23.7. The Morgan fingerprint density at radius 1 is 0.511 bits per heavy atom. The Bertz CT molecular complexity index is 2710. The van der Waals surface area contributed by atoms with E-state index in [9.17, 15) is 102 Å². The van der Waals surface area contributed by atoms with Gasteiger partial charge in [0.15, 0.2) is 0 Å². The van der Waals surface area contributed by atoms with Crippen LogP contribution in [0.15, 0.2) is 0 Å². The molecule has 0 unspecified atom stereocenters. The fraction of sp³-hybridized carbons (Fsp3) is 0.702. The molecule has 23 N–H and O–H groups in total. The van der Waals surface area contributed by atoms with Crippen molar-refractivity contribution in [1.29, 1.82) is 0 Å². The molecule has 0 saturated carbocycles. The smallest absolute Gasteiger partial charge is 0.326 e. The monoisotopic (exact) mass is 1340 g/mol. The van der Waals surface area contributed by atoms with Gasteiger partial charge in [-0.2, -0.15) is 0 Å². The molecule has 0 spiro atoms. The predicted octanol–water partition coefficient (Wildman–Crippen LogP) is -6.53. The lowest BCUT2D eigenvalue weighted by atomic mass is 9.96. The van der Waals surface area contributed by atoms with Gasteiger partial charge in [0.2, 0.25) is 76.8 Å². The van der Waals surface area contributed by atoms with Crippen molar-refractivity contribution in [2.75, 3.05) is 19.6 Å². The first-order valence-electron chi connectivity index (χ1n) is 30.7.